The summed E-state index contributed by atoms with van der Waals surface area (Å²) in [7, 11) is 1.57. The molecule has 19 heavy (non-hydrogen) atoms. The molecule has 0 radical (unpaired) electrons. The first-order chi connectivity index (χ1) is 8.81. The zero-order valence-corrected chi connectivity index (χ0v) is 11.9. The molecule has 1 aromatic heterocycles. The highest BCUT2D eigenvalue weighted by Crippen LogP contribution is 2.19. The third-order valence-corrected chi connectivity index (χ3v) is 2.71. The lowest BCUT2D eigenvalue weighted by molar-refractivity contribution is -0.133. The van der Waals surface area contributed by atoms with Gasteiger partial charge in [0.2, 0.25) is 17.7 Å². The van der Waals surface area contributed by atoms with Crippen molar-refractivity contribution in [3.63, 3.8) is 0 Å². The standard InChI is InChI=1S/C12H20N4O3/c1-7(2)11(12-13-8(3)15-19-12)14-10(18)6-16(5)9(4)17/h7,11H,6H2,1-5H3,(H,14,18). The number of carbonyl (C=O) groups excluding carboxylic acids is 2. The molecule has 1 heterocycles. The van der Waals surface area contributed by atoms with E-state index in [0.29, 0.717) is 11.7 Å². The minimum absolute atomic E-state index is 0.00563. The number of amides is 2. The Labute approximate surface area is 112 Å². The maximum absolute atomic E-state index is 11.9. The molecule has 7 nitrogen and oxygen atoms in total. The number of likely N-dealkylation sites (N-methyl/N-ethyl adjacent to an activating group) is 1. The molecule has 1 N–H and O–H groups in total. The summed E-state index contributed by atoms with van der Waals surface area (Å²) in [5.74, 6) is 0.589. The van der Waals surface area contributed by atoms with Crippen LogP contribution in [0.5, 0.6) is 0 Å². The summed E-state index contributed by atoms with van der Waals surface area (Å²) in [6.07, 6.45) is 0. The molecule has 0 fully saturated rings. The number of hydrogen-bond donors (Lipinski definition) is 1. The van der Waals surface area contributed by atoms with Gasteiger partial charge in [-0.25, -0.2) is 0 Å². The Kier molecular flexibility index (Phi) is 5.02. The Morgan fingerprint density at radius 3 is 2.47 bits per heavy atom. The van der Waals surface area contributed by atoms with Gasteiger partial charge in [-0.05, 0) is 12.8 Å². The van der Waals surface area contributed by atoms with Crippen LogP contribution < -0.4 is 5.32 Å². The van der Waals surface area contributed by atoms with Gasteiger partial charge in [0.25, 0.3) is 0 Å². The Bertz CT molecular complexity index is 456. The second-order valence-electron chi connectivity index (χ2n) is 4.84. The van der Waals surface area contributed by atoms with Crippen molar-refractivity contribution in [3.05, 3.63) is 11.7 Å². The van der Waals surface area contributed by atoms with Crippen LogP contribution in [0.25, 0.3) is 0 Å². The van der Waals surface area contributed by atoms with E-state index in [1.807, 2.05) is 13.8 Å². The fourth-order valence-corrected chi connectivity index (χ4v) is 1.50. The smallest absolute Gasteiger partial charge is 0.249 e. The molecule has 2 amide bonds. The van der Waals surface area contributed by atoms with Crippen LogP contribution in [-0.2, 0) is 9.59 Å². The van der Waals surface area contributed by atoms with Crippen LogP contribution in [0.15, 0.2) is 4.52 Å². The molecule has 1 unspecified atom stereocenters. The lowest BCUT2D eigenvalue weighted by Crippen LogP contribution is -2.40. The maximum Gasteiger partial charge on any atom is 0.249 e. The molecular weight excluding hydrogens is 248 g/mol. The molecule has 7 heteroatoms. The van der Waals surface area contributed by atoms with E-state index in [4.69, 9.17) is 4.52 Å². The molecule has 0 aromatic carbocycles. The van der Waals surface area contributed by atoms with Crippen LogP contribution in [-0.4, -0.2) is 40.4 Å². The van der Waals surface area contributed by atoms with Crippen LogP contribution >= 0.6 is 0 Å². The van der Waals surface area contributed by atoms with Crippen LogP contribution in [0, 0.1) is 12.8 Å². The predicted octanol–water partition coefficient (Wildman–Crippen LogP) is 0.670. The molecule has 0 aliphatic carbocycles. The van der Waals surface area contributed by atoms with Crippen LogP contribution in [0.3, 0.4) is 0 Å². The minimum atomic E-state index is -0.353. The van der Waals surface area contributed by atoms with E-state index in [-0.39, 0.29) is 30.3 Å². The van der Waals surface area contributed by atoms with Gasteiger partial charge >= 0.3 is 0 Å². The van der Waals surface area contributed by atoms with Crippen molar-refractivity contribution in [1.29, 1.82) is 0 Å². The highest BCUT2D eigenvalue weighted by atomic mass is 16.5. The van der Waals surface area contributed by atoms with Crippen molar-refractivity contribution in [2.75, 3.05) is 13.6 Å². The van der Waals surface area contributed by atoms with Gasteiger partial charge in [-0.1, -0.05) is 19.0 Å². The summed E-state index contributed by atoms with van der Waals surface area (Å²) in [6, 6.07) is -0.353. The zero-order chi connectivity index (χ0) is 14.6. The maximum atomic E-state index is 11.9. The Hall–Kier alpha value is -1.92. The van der Waals surface area contributed by atoms with E-state index in [9.17, 15) is 9.59 Å². The molecule has 1 rings (SSSR count). The molecule has 1 aromatic rings. The van der Waals surface area contributed by atoms with Crippen LogP contribution in [0.2, 0.25) is 0 Å². The van der Waals surface area contributed by atoms with Crippen molar-refractivity contribution in [3.8, 4) is 0 Å². The average Bonchev–Trinajstić information content (AvgIpc) is 2.71. The molecule has 0 aliphatic heterocycles. The number of aryl methyl sites for hydroxylation is 1. The average molecular weight is 268 g/mol. The number of aromatic nitrogens is 2. The predicted molar refractivity (Wildman–Crippen MR) is 68.1 cm³/mol. The Balaban J connectivity index is 2.69. The van der Waals surface area contributed by atoms with Gasteiger partial charge in [-0.15, -0.1) is 0 Å². The van der Waals surface area contributed by atoms with E-state index in [2.05, 4.69) is 15.5 Å². The summed E-state index contributed by atoms with van der Waals surface area (Å²) in [6.45, 7) is 7.02. The summed E-state index contributed by atoms with van der Waals surface area (Å²) in [5, 5.41) is 6.52. The summed E-state index contributed by atoms with van der Waals surface area (Å²) < 4.78 is 5.08. The van der Waals surface area contributed by atoms with Gasteiger partial charge in [0.15, 0.2) is 5.82 Å². The third kappa shape index (κ3) is 4.35. The number of hydrogen-bond acceptors (Lipinski definition) is 5. The fraction of sp³-hybridized carbons (Fsp3) is 0.667. The van der Waals surface area contributed by atoms with Crippen molar-refractivity contribution in [2.24, 2.45) is 5.92 Å². The Morgan fingerprint density at radius 2 is 2.05 bits per heavy atom. The number of nitrogens with zero attached hydrogens (tertiary/aromatic N) is 3. The first-order valence-corrected chi connectivity index (χ1v) is 6.12. The third-order valence-electron chi connectivity index (χ3n) is 2.71. The number of nitrogens with one attached hydrogen (secondary N) is 1. The van der Waals surface area contributed by atoms with Gasteiger partial charge in [0.05, 0.1) is 6.54 Å². The molecule has 0 saturated carbocycles. The van der Waals surface area contributed by atoms with Crippen molar-refractivity contribution < 1.29 is 14.1 Å². The molecule has 0 spiro atoms. The molecule has 1 atom stereocenters. The van der Waals surface area contributed by atoms with E-state index < -0.39 is 0 Å². The molecule has 106 valence electrons. The van der Waals surface area contributed by atoms with Gasteiger partial charge in [0, 0.05) is 14.0 Å². The second kappa shape index (κ2) is 6.31. The van der Waals surface area contributed by atoms with Crippen molar-refractivity contribution in [2.45, 2.75) is 33.7 Å². The lowest BCUT2D eigenvalue weighted by Gasteiger charge is -2.20. The van der Waals surface area contributed by atoms with Crippen LogP contribution in [0.1, 0.15) is 38.5 Å². The normalized spacial score (nSPS) is 12.3. The monoisotopic (exact) mass is 268 g/mol. The SMILES string of the molecule is CC(=O)N(C)CC(=O)NC(c1nc(C)no1)C(C)C. The molecule has 0 bridgehead atoms. The van der Waals surface area contributed by atoms with Crippen molar-refractivity contribution in [1.82, 2.24) is 20.4 Å². The fourth-order valence-electron chi connectivity index (χ4n) is 1.50. The molecule has 0 saturated heterocycles. The topological polar surface area (TPSA) is 88.3 Å². The quantitative estimate of drug-likeness (QED) is 0.848. The van der Waals surface area contributed by atoms with E-state index in [0.717, 1.165) is 0 Å². The van der Waals surface area contributed by atoms with Crippen molar-refractivity contribution >= 4 is 11.8 Å². The minimum Gasteiger partial charge on any atom is -0.342 e. The summed E-state index contributed by atoms with van der Waals surface area (Å²) >= 11 is 0. The van der Waals surface area contributed by atoms with E-state index >= 15 is 0 Å². The van der Waals surface area contributed by atoms with E-state index in [1.165, 1.54) is 11.8 Å². The van der Waals surface area contributed by atoms with Gasteiger partial charge in [-0.2, -0.15) is 4.98 Å². The molecule has 0 aliphatic rings. The first-order valence-electron chi connectivity index (χ1n) is 6.12. The summed E-state index contributed by atoms with van der Waals surface area (Å²) in [5.41, 5.74) is 0. The van der Waals surface area contributed by atoms with Gasteiger partial charge in [-0.3, -0.25) is 9.59 Å². The highest BCUT2D eigenvalue weighted by molar-refractivity contribution is 5.83. The zero-order valence-electron chi connectivity index (χ0n) is 11.9. The van der Waals surface area contributed by atoms with Crippen LogP contribution in [0.4, 0.5) is 0 Å². The van der Waals surface area contributed by atoms with Gasteiger partial charge < -0.3 is 14.7 Å². The second-order valence-corrected chi connectivity index (χ2v) is 4.84. The Morgan fingerprint density at radius 1 is 1.42 bits per heavy atom. The number of carbonyl (C=O) groups is 2. The highest BCUT2D eigenvalue weighted by Gasteiger charge is 2.24. The lowest BCUT2D eigenvalue weighted by atomic mass is 10.0. The summed E-state index contributed by atoms with van der Waals surface area (Å²) in [4.78, 5) is 28.4. The largest absolute Gasteiger partial charge is 0.342 e. The molecular formula is C12H20N4O3. The van der Waals surface area contributed by atoms with E-state index in [1.54, 1.807) is 14.0 Å². The number of rotatable bonds is 5. The van der Waals surface area contributed by atoms with Gasteiger partial charge in [0.1, 0.15) is 6.04 Å². The first kappa shape index (κ1) is 15.1.